The van der Waals surface area contributed by atoms with Crippen LogP contribution in [-0.4, -0.2) is 38.2 Å². The summed E-state index contributed by atoms with van der Waals surface area (Å²) in [6.07, 6.45) is 4.68. The number of benzene rings is 2. The predicted octanol–water partition coefficient (Wildman–Crippen LogP) is 3.99. The highest BCUT2D eigenvalue weighted by Crippen LogP contribution is 2.34. The van der Waals surface area contributed by atoms with Gasteiger partial charge >= 0.3 is 0 Å². The zero-order chi connectivity index (χ0) is 19.6. The molecule has 144 valence electrons. The van der Waals surface area contributed by atoms with Crippen LogP contribution in [0.4, 0.5) is 0 Å². The number of aliphatic hydroxyl groups is 1. The van der Waals surface area contributed by atoms with Gasteiger partial charge in [-0.2, -0.15) is 0 Å². The van der Waals surface area contributed by atoms with Gasteiger partial charge in [-0.1, -0.05) is 23.7 Å². The van der Waals surface area contributed by atoms with E-state index in [0.29, 0.717) is 30.2 Å². The second kappa shape index (κ2) is 7.87. The third-order valence-electron chi connectivity index (χ3n) is 5.36. The number of nitrogens with zero attached hydrogens (tertiary/aromatic N) is 3. The number of hydrogen-bond acceptors (Lipinski definition) is 5. The largest absolute Gasteiger partial charge is 0.508 e. The van der Waals surface area contributed by atoms with Crippen molar-refractivity contribution in [3.8, 4) is 17.1 Å². The van der Waals surface area contributed by atoms with Crippen molar-refractivity contribution in [2.45, 2.75) is 25.0 Å². The van der Waals surface area contributed by atoms with E-state index in [1.165, 1.54) is 0 Å². The number of phenols is 1. The molecule has 0 spiro atoms. The minimum Gasteiger partial charge on any atom is -0.508 e. The van der Waals surface area contributed by atoms with Crippen molar-refractivity contribution in [2.75, 3.05) is 13.1 Å². The molecule has 0 unspecified atom stereocenters. The van der Waals surface area contributed by atoms with Crippen LogP contribution in [0.25, 0.3) is 11.4 Å². The molecule has 0 aliphatic carbocycles. The van der Waals surface area contributed by atoms with Crippen LogP contribution in [-0.2, 0) is 12.1 Å². The Balaban J connectivity index is 1.46. The Kier molecular flexibility index (Phi) is 5.31. The van der Waals surface area contributed by atoms with Crippen LogP contribution in [0.5, 0.6) is 5.75 Å². The van der Waals surface area contributed by atoms with Gasteiger partial charge in [-0.05, 0) is 54.8 Å². The SMILES string of the molecule is Oc1ccc(-c2ncccn2)cc1CN1CCC(O)(c2ccc(Cl)cc2)CC1. The Morgan fingerprint density at radius 1 is 1.00 bits per heavy atom. The van der Waals surface area contributed by atoms with Crippen LogP contribution in [0.2, 0.25) is 5.02 Å². The predicted molar refractivity (Wildman–Crippen MR) is 109 cm³/mol. The van der Waals surface area contributed by atoms with Gasteiger partial charge in [0.25, 0.3) is 0 Å². The maximum atomic E-state index is 11.0. The lowest BCUT2D eigenvalue weighted by Crippen LogP contribution is -2.42. The van der Waals surface area contributed by atoms with E-state index < -0.39 is 5.60 Å². The van der Waals surface area contributed by atoms with Gasteiger partial charge in [-0.25, -0.2) is 9.97 Å². The van der Waals surface area contributed by atoms with Crippen LogP contribution in [0.3, 0.4) is 0 Å². The van der Waals surface area contributed by atoms with Crippen LogP contribution in [0.15, 0.2) is 60.9 Å². The summed E-state index contributed by atoms with van der Waals surface area (Å²) >= 11 is 5.96. The summed E-state index contributed by atoms with van der Waals surface area (Å²) in [5.41, 5.74) is 1.79. The molecule has 5 nitrogen and oxygen atoms in total. The fourth-order valence-corrected chi connectivity index (χ4v) is 3.80. The van der Waals surface area contributed by atoms with E-state index in [9.17, 15) is 10.2 Å². The molecule has 2 N–H and O–H groups in total. The maximum absolute atomic E-state index is 11.0. The highest BCUT2D eigenvalue weighted by molar-refractivity contribution is 6.30. The molecule has 1 aliphatic rings. The fraction of sp³-hybridized carbons (Fsp3) is 0.273. The van der Waals surface area contributed by atoms with Gasteiger partial charge in [0, 0.05) is 48.2 Å². The second-order valence-corrected chi connectivity index (χ2v) is 7.67. The van der Waals surface area contributed by atoms with Crippen LogP contribution in [0, 0.1) is 0 Å². The molecule has 1 fully saturated rings. The van der Waals surface area contributed by atoms with E-state index in [0.717, 1.165) is 29.8 Å². The van der Waals surface area contributed by atoms with Gasteiger partial charge < -0.3 is 10.2 Å². The normalized spacial score (nSPS) is 16.8. The number of piperidine rings is 1. The molecule has 2 heterocycles. The summed E-state index contributed by atoms with van der Waals surface area (Å²) in [5, 5.41) is 22.0. The minimum atomic E-state index is -0.830. The van der Waals surface area contributed by atoms with Crippen molar-refractivity contribution in [3.63, 3.8) is 0 Å². The molecule has 3 aromatic rings. The number of aromatic nitrogens is 2. The number of phenolic OH excluding ortho intramolecular Hbond substituents is 1. The zero-order valence-electron chi connectivity index (χ0n) is 15.4. The van der Waals surface area contributed by atoms with Gasteiger partial charge in [-0.15, -0.1) is 0 Å². The maximum Gasteiger partial charge on any atom is 0.159 e. The molecule has 0 radical (unpaired) electrons. The first kappa shape index (κ1) is 18.9. The van der Waals surface area contributed by atoms with E-state index in [2.05, 4.69) is 14.9 Å². The molecular formula is C22H22ClN3O2. The van der Waals surface area contributed by atoms with Gasteiger partial charge in [0.15, 0.2) is 5.82 Å². The first-order valence-corrected chi connectivity index (χ1v) is 9.71. The third kappa shape index (κ3) is 4.02. The highest BCUT2D eigenvalue weighted by Gasteiger charge is 2.34. The molecule has 0 saturated carbocycles. The highest BCUT2D eigenvalue weighted by atomic mass is 35.5. The van der Waals surface area contributed by atoms with E-state index in [1.54, 1.807) is 24.5 Å². The Bertz CT molecular complexity index is 940. The molecule has 1 aromatic heterocycles. The van der Waals surface area contributed by atoms with Crippen molar-refractivity contribution in [3.05, 3.63) is 77.1 Å². The quantitative estimate of drug-likeness (QED) is 0.699. The van der Waals surface area contributed by atoms with Crippen LogP contribution < -0.4 is 0 Å². The number of aromatic hydroxyl groups is 1. The molecule has 0 bridgehead atoms. The van der Waals surface area contributed by atoms with Gasteiger partial charge in [0.2, 0.25) is 0 Å². The van der Waals surface area contributed by atoms with Crippen molar-refractivity contribution in [1.82, 2.24) is 14.9 Å². The van der Waals surface area contributed by atoms with Gasteiger partial charge in [0.05, 0.1) is 5.60 Å². The lowest BCUT2D eigenvalue weighted by atomic mass is 9.84. The van der Waals surface area contributed by atoms with Crippen LogP contribution >= 0.6 is 11.6 Å². The molecule has 0 amide bonds. The van der Waals surface area contributed by atoms with Gasteiger partial charge in [0.1, 0.15) is 5.75 Å². The Hall–Kier alpha value is -2.47. The molecule has 1 aliphatic heterocycles. The second-order valence-electron chi connectivity index (χ2n) is 7.23. The Morgan fingerprint density at radius 3 is 2.36 bits per heavy atom. The van der Waals surface area contributed by atoms with E-state index in [4.69, 9.17) is 11.6 Å². The average molecular weight is 396 g/mol. The Labute approximate surface area is 169 Å². The molecular weight excluding hydrogens is 374 g/mol. The average Bonchev–Trinajstić information content (AvgIpc) is 2.72. The molecule has 0 atom stereocenters. The number of halogens is 1. The van der Waals surface area contributed by atoms with E-state index >= 15 is 0 Å². The summed E-state index contributed by atoms with van der Waals surface area (Å²) in [6.45, 7) is 2.10. The molecule has 2 aromatic carbocycles. The van der Waals surface area contributed by atoms with E-state index in [1.807, 2.05) is 36.4 Å². The summed E-state index contributed by atoms with van der Waals surface area (Å²) in [5.74, 6) is 0.901. The summed E-state index contributed by atoms with van der Waals surface area (Å²) < 4.78 is 0. The van der Waals surface area contributed by atoms with Crippen molar-refractivity contribution in [1.29, 1.82) is 0 Å². The fourth-order valence-electron chi connectivity index (χ4n) is 3.67. The summed E-state index contributed by atoms with van der Waals surface area (Å²) in [6, 6.07) is 14.6. The Morgan fingerprint density at radius 2 is 1.68 bits per heavy atom. The summed E-state index contributed by atoms with van der Waals surface area (Å²) in [7, 11) is 0. The molecule has 1 saturated heterocycles. The number of hydrogen-bond donors (Lipinski definition) is 2. The standard InChI is InChI=1S/C22H22ClN3O2/c23-19-5-3-18(4-6-19)22(28)8-12-26(13-9-22)15-17-14-16(2-7-20(17)27)21-24-10-1-11-25-21/h1-7,10-11,14,27-28H,8-9,12-13,15H2. The summed E-state index contributed by atoms with van der Waals surface area (Å²) in [4.78, 5) is 10.8. The van der Waals surface area contributed by atoms with Crippen molar-refractivity contribution in [2.24, 2.45) is 0 Å². The third-order valence-corrected chi connectivity index (χ3v) is 5.61. The van der Waals surface area contributed by atoms with Gasteiger partial charge in [-0.3, -0.25) is 4.90 Å². The number of rotatable bonds is 4. The molecule has 6 heteroatoms. The lowest BCUT2D eigenvalue weighted by molar-refractivity contribution is -0.0278. The van der Waals surface area contributed by atoms with Crippen molar-refractivity contribution >= 4 is 11.6 Å². The van der Waals surface area contributed by atoms with E-state index in [-0.39, 0.29) is 5.75 Å². The van der Waals surface area contributed by atoms with Crippen molar-refractivity contribution < 1.29 is 10.2 Å². The van der Waals surface area contributed by atoms with Crippen LogP contribution in [0.1, 0.15) is 24.0 Å². The zero-order valence-corrected chi connectivity index (χ0v) is 16.2. The molecule has 4 rings (SSSR count). The molecule has 28 heavy (non-hydrogen) atoms. The topological polar surface area (TPSA) is 69.5 Å². The smallest absolute Gasteiger partial charge is 0.159 e. The minimum absolute atomic E-state index is 0.262. The number of likely N-dealkylation sites (tertiary alicyclic amines) is 1. The lowest BCUT2D eigenvalue weighted by Gasteiger charge is -2.38. The monoisotopic (exact) mass is 395 g/mol. The first-order valence-electron chi connectivity index (χ1n) is 9.34. The first-order chi connectivity index (χ1) is 13.5.